The molecule has 1 unspecified atom stereocenters. The summed E-state index contributed by atoms with van der Waals surface area (Å²) in [5.41, 5.74) is 2.52. The topological polar surface area (TPSA) is 57.6 Å². The summed E-state index contributed by atoms with van der Waals surface area (Å²) in [4.78, 5) is 6.94. The summed E-state index contributed by atoms with van der Waals surface area (Å²) in [5, 5.41) is 17.7. The minimum Gasteiger partial charge on any atom is -0.406 e. The highest BCUT2D eigenvalue weighted by molar-refractivity contribution is 7.13. The summed E-state index contributed by atoms with van der Waals surface area (Å²) < 4.78 is 42.5. The monoisotopic (exact) mass is 561 g/mol. The van der Waals surface area contributed by atoms with E-state index in [4.69, 9.17) is 4.98 Å². The van der Waals surface area contributed by atoms with Gasteiger partial charge in [-0.05, 0) is 74.0 Å². The molecule has 2 heterocycles. The molecule has 212 valence electrons. The number of hydrogen-bond acceptors (Lipinski definition) is 6. The number of halogens is 3. The second-order valence-corrected chi connectivity index (χ2v) is 12.4. The molecule has 2 aromatic carbocycles. The van der Waals surface area contributed by atoms with E-state index in [9.17, 15) is 18.3 Å². The lowest BCUT2D eigenvalue weighted by Gasteiger charge is -2.33. The molecular formula is C30H38F3N3O2S. The molecule has 2 N–H and O–H groups in total. The van der Waals surface area contributed by atoms with Crippen molar-refractivity contribution < 1.29 is 23.0 Å². The fourth-order valence-corrected chi connectivity index (χ4v) is 6.04. The molecule has 1 saturated heterocycles. The van der Waals surface area contributed by atoms with Gasteiger partial charge in [-0.15, -0.1) is 24.5 Å². The Kier molecular flexibility index (Phi) is 8.93. The van der Waals surface area contributed by atoms with Crippen LogP contribution in [0.2, 0.25) is 0 Å². The van der Waals surface area contributed by atoms with Gasteiger partial charge in [-0.2, -0.15) is 0 Å². The molecule has 0 amide bonds. The summed E-state index contributed by atoms with van der Waals surface area (Å²) in [5.74, 6) is -0.0538. The summed E-state index contributed by atoms with van der Waals surface area (Å²) in [6.07, 6.45) is -1.79. The number of aromatic nitrogens is 1. The number of hydrogen-bond donors (Lipinski definition) is 2. The van der Waals surface area contributed by atoms with Gasteiger partial charge in [-0.1, -0.05) is 57.2 Å². The molecule has 1 fully saturated rings. The average Bonchev–Trinajstić information content (AvgIpc) is 3.19. The number of benzene rings is 2. The van der Waals surface area contributed by atoms with Crippen LogP contribution in [-0.4, -0.2) is 29.5 Å². The minimum absolute atomic E-state index is 0.123. The zero-order valence-corrected chi connectivity index (χ0v) is 23.8. The number of nitrogens with one attached hydrogen (secondary N) is 1. The molecule has 0 aliphatic carbocycles. The Hall–Kier alpha value is -2.62. The van der Waals surface area contributed by atoms with Gasteiger partial charge in [0.15, 0.2) is 5.13 Å². The fourth-order valence-electron chi connectivity index (χ4n) is 4.99. The highest BCUT2D eigenvalue weighted by Crippen LogP contribution is 2.36. The first-order chi connectivity index (χ1) is 18.3. The van der Waals surface area contributed by atoms with Crippen molar-refractivity contribution in [1.82, 2.24) is 10.3 Å². The van der Waals surface area contributed by atoms with Gasteiger partial charge in [0.2, 0.25) is 0 Å². The number of nitrogens with zero attached hydrogens (tertiary/aromatic N) is 2. The van der Waals surface area contributed by atoms with Crippen LogP contribution in [0.3, 0.4) is 0 Å². The molecule has 1 aromatic heterocycles. The first-order valence-electron chi connectivity index (χ1n) is 13.4. The molecule has 39 heavy (non-hydrogen) atoms. The zero-order valence-electron chi connectivity index (χ0n) is 23.0. The first-order valence-corrected chi connectivity index (χ1v) is 14.3. The lowest BCUT2D eigenvalue weighted by Crippen LogP contribution is -2.32. The Labute approximate surface area is 233 Å². The Morgan fingerprint density at radius 2 is 1.72 bits per heavy atom. The van der Waals surface area contributed by atoms with Gasteiger partial charge in [-0.3, -0.25) is 0 Å². The average molecular weight is 562 g/mol. The number of thiazole rings is 1. The van der Waals surface area contributed by atoms with E-state index in [-0.39, 0.29) is 17.1 Å². The molecule has 9 heteroatoms. The van der Waals surface area contributed by atoms with Crippen molar-refractivity contribution in [3.05, 3.63) is 76.3 Å². The van der Waals surface area contributed by atoms with Crippen LogP contribution in [0.25, 0.3) is 0 Å². The van der Waals surface area contributed by atoms with E-state index < -0.39 is 12.0 Å². The van der Waals surface area contributed by atoms with Crippen molar-refractivity contribution in [3.8, 4) is 5.75 Å². The van der Waals surface area contributed by atoms with Crippen LogP contribution in [0, 0.1) is 5.92 Å². The van der Waals surface area contributed by atoms with Crippen molar-refractivity contribution in [2.75, 3.05) is 18.0 Å². The molecule has 3 aromatic rings. The molecule has 2 atom stereocenters. The van der Waals surface area contributed by atoms with Crippen LogP contribution in [0.5, 0.6) is 5.75 Å². The lowest BCUT2D eigenvalue weighted by molar-refractivity contribution is -0.274. The van der Waals surface area contributed by atoms with Gasteiger partial charge in [0, 0.05) is 23.9 Å². The van der Waals surface area contributed by atoms with E-state index in [0.29, 0.717) is 18.7 Å². The van der Waals surface area contributed by atoms with Crippen molar-refractivity contribution in [1.29, 1.82) is 0 Å². The molecule has 1 aliphatic rings. The van der Waals surface area contributed by atoms with E-state index in [1.807, 2.05) is 36.6 Å². The van der Waals surface area contributed by atoms with Crippen LogP contribution in [-0.2, 0) is 24.1 Å². The normalized spacial score (nSPS) is 18.3. The molecule has 5 nitrogen and oxygen atoms in total. The van der Waals surface area contributed by atoms with Crippen LogP contribution in [0.4, 0.5) is 18.3 Å². The van der Waals surface area contributed by atoms with Gasteiger partial charge in [-0.25, -0.2) is 4.98 Å². The second kappa shape index (κ2) is 11.9. The summed E-state index contributed by atoms with van der Waals surface area (Å²) >= 11 is 1.52. The second-order valence-electron chi connectivity index (χ2n) is 11.5. The van der Waals surface area contributed by atoms with E-state index in [2.05, 4.69) is 35.7 Å². The van der Waals surface area contributed by atoms with Crippen LogP contribution in [0.15, 0.2) is 53.9 Å². The largest absolute Gasteiger partial charge is 0.573 e. The van der Waals surface area contributed by atoms with Crippen LogP contribution >= 0.6 is 11.3 Å². The standard InChI is InChI=1S/C30H38F3N3O2S/c1-28(2,3)26-20-39-27(35-26)36(19-22-7-5-9-25(17-22)38-30(31,32)33)18-21-10-12-24(13-11-21)29(4,37)23-8-6-15-34-16-14-23/h5,7,9-13,17,20,23,34,37H,6,8,14-16,18-19H2,1-4H3/t23?,29-/m1/s1. The van der Waals surface area contributed by atoms with Crippen molar-refractivity contribution in [3.63, 3.8) is 0 Å². The van der Waals surface area contributed by atoms with Crippen LogP contribution in [0.1, 0.15) is 69.3 Å². The van der Waals surface area contributed by atoms with Gasteiger partial charge < -0.3 is 20.1 Å². The van der Waals surface area contributed by atoms with Crippen molar-refractivity contribution in [2.24, 2.45) is 5.92 Å². The zero-order chi connectivity index (χ0) is 28.3. The van der Waals surface area contributed by atoms with Gasteiger partial charge in [0.1, 0.15) is 5.75 Å². The molecule has 0 saturated carbocycles. The van der Waals surface area contributed by atoms with E-state index in [1.165, 1.54) is 23.5 Å². The number of aliphatic hydroxyl groups is 1. The van der Waals surface area contributed by atoms with E-state index in [0.717, 1.165) is 54.3 Å². The lowest BCUT2D eigenvalue weighted by atomic mass is 9.78. The highest BCUT2D eigenvalue weighted by Gasteiger charge is 2.34. The Morgan fingerprint density at radius 3 is 2.38 bits per heavy atom. The maximum Gasteiger partial charge on any atom is 0.573 e. The highest BCUT2D eigenvalue weighted by atomic mass is 32.1. The summed E-state index contributed by atoms with van der Waals surface area (Å²) in [6, 6.07) is 14.1. The van der Waals surface area contributed by atoms with Crippen molar-refractivity contribution >= 4 is 16.5 Å². The quantitative estimate of drug-likeness (QED) is 0.306. The summed E-state index contributed by atoms with van der Waals surface area (Å²) in [6.45, 7) is 11.0. The number of rotatable bonds is 8. The third-order valence-corrected chi connectivity index (χ3v) is 8.22. The Bertz CT molecular complexity index is 1210. The van der Waals surface area contributed by atoms with E-state index >= 15 is 0 Å². The van der Waals surface area contributed by atoms with Gasteiger partial charge in [0.05, 0.1) is 11.3 Å². The van der Waals surface area contributed by atoms with Gasteiger partial charge >= 0.3 is 6.36 Å². The fraction of sp³-hybridized carbons (Fsp3) is 0.500. The molecule has 0 spiro atoms. The third kappa shape index (κ3) is 7.96. The summed E-state index contributed by atoms with van der Waals surface area (Å²) in [7, 11) is 0. The first kappa shape index (κ1) is 29.4. The molecule has 4 rings (SSSR count). The van der Waals surface area contributed by atoms with Crippen LogP contribution < -0.4 is 15.0 Å². The molecular weight excluding hydrogens is 523 g/mol. The molecule has 1 aliphatic heterocycles. The predicted molar refractivity (Wildman–Crippen MR) is 150 cm³/mol. The number of alkyl halides is 3. The Morgan fingerprint density at radius 1 is 1.00 bits per heavy atom. The molecule has 0 radical (unpaired) electrons. The molecule has 0 bridgehead atoms. The van der Waals surface area contributed by atoms with E-state index in [1.54, 1.807) is 12.1 Å². The number of anilines is 1. The minimum atomic E-state index is -4.74. The Balaban J connectivity index is 1.57. The number of ether oxygens (including phenoxy) is 1. The maximum atomic E-state index is 12.8. The van der Waals surface area contributed by atoms with Gasteiger partial charge in [0.25, 0.3) is 0 Å². The SMILES string of the molecule is CC(C)(C)c1csc(N(Cc2ccc([C@](C)(O)C3CCCNCC3)cc2)Cc2cccc(OC(F)(F)F)c2)n1. The van der Waals surface area contributed by atoms with Crippen molar-refractivity contribution in [2.45, 2.75) is 77.4 Å². The predicted octanol–water partition coefficient (Wildman–Crippen LogP) is 7.14. The maximum absolute atomic E-state index is 12.8. The smallest absolute Gasteiger partial charge is 0.406 e. The third-order valence-electron chi connectivity index (χ3n) is 7.32.